The van der Waals surface area contributed by atoms with E-state index in [1.807, 2.05) is 4.90 Å². The Kier molecular flexibility index (Phi) is 5.02. The summed E-state index contributed by atoms with van der Waals surface area (Å²) in [6.45, 7) is 1.24. The molecular formula is C20H22N4O6. The van der Waals surface area contributed by atoms with Crippen molar-refractivity contribution in [3.63, 3.8) is 0 Å². The summed E-state index contributed by atoms with van der Waals surface area (Å²) in [5, 5.41) is 2.17. The molecule has 30 heavy (non-hydrogen) atoms. The van der Waals surface area contributed by atoms with E-state index in [0.29, 0.717) is 25.3 Å². The molecule has 2 fully saturated rings. The van der Waals surface area contributed by atoms with Gasteiger partial charge in [-0.2, -0.15) is 0 Å². The van der Waals surface area contributed by atoms with E-state index in [1.165, 1.54) is 7.11 Å². The van der Waals surface area contributed by atoms with Crippen molar-refractivity contribution >= 4 is 35.3 Å². The molecule has 3 aliphatic rings. The van der Waals surface area contributed by atoms with Crippen molar-refractivity contribution in [3.8, 4) is 0 Å². The number of hydrogen-bond acceptors (Lipinski definition) is 8. The number of rotatable bonds is 4. The van der Waals surface area contributed by atoms with E-state index in [4.69, 9.17) is 10.5 Å². The minimum absolute atomic E-state index is 0.0677. The highest BCUT2D eigenvalue weighted by Crippen LogP contribution is 2.34. The zero-order valence-electron chi connectivity index (χ0n) is 16.4. The second-order valence-corrected chi connectivity index (χ2v) is 7.71. The van der Waals surface area contributed by atoms with Crippen LogP contribution in [0.3, 0.4) is 0 Å². The fourth-order valence-electron chi connectivity index (χ4n) is 4.40. The number of ether oxygens (including phenoxy) is 1. The van der Waals surface area contributed by atoms with Crippen LogP contribution >= 0.6 is 0 Å². The third kappa shape index (κ3) is 3.13. The number of hydrogen-bond donors (Lipinski definition) is 2. The SMILES string of the molecule is COC(=O)[C@@H]1CN(c2ccc3c(c2)C(=O)N(C2CCC(=O)NC2=O)C3=O)C[C@H]1CN. The third-order valence-corrected chi connectivity index (χ3v) is 6.04. The van der Waals surface area contributed by atoms with Gasteiger partial charge in [0.15, 0.2) is 0 Å². The minimum Gasteiger partial charge on any atom is -0.469 e. The molecule has 3 N–H and O–H groups in total. The number of nitrogens with one attached hydrogen (secondary N) is 1. The maximum absolute atomic E-state index is 13.0. The van der Waals surface area contributed by atoms with Crippen LogP contribution in [0.2, 0.25) is 0 Å². The van der Waals surface area contributed by atoms with Crippen LogP contribution in [-0.4, -0.2) is 67.3 Å². The van der Waals surface area contributed by atoms with Crippen LogP contribution in [-0.2, 0) is 19.1 Å². The molecule has 0 saturated carbocycles. The summed E-state index contributed by atoms with van der Waals surface area (Å²) in [5.41, 5.74) is 6.91. The Morgan fingerprint density at radius 3 is 2.57 bits per heavy atom. The largest absolute Gasteiger partial charge is 0.469 e. The molecule has 10 nitrogen and oxygen atoms in total. The van der Waals surface area contributed by atoms with Crippen LogP contribution in [0.5, 0.6) is 0 Å². The summed E-state index contributed by atoms with van der Waals surface area (Å²) >= 11 is 0. The first kappa shape index (κ1) is 20.0. The predicted octanol–water partition coefficient (Wildman–Crippen LogP) is -0.728. The molecule has 2 saturated heterocycles. The van der Waals surface area contributed by atoms with Gasteiger partial charge in [0.05, 0.1) is 24.2 Å². The predicted molar refractivity (Wildman–Crippen MR) is 103 cm³/mol. The molecule has 3 atom stereocenters. The molecule has 0 aliphatic carbocycles. The summed E-state index contributed by atoms with van der Waals surface area (Å²) < 4.78 is 4.87. The number of anilines is 1. The molecule has 1 unspecified atom stereocenters. The van der Waals surface area contributed by atoms with Crippen molar-refractivity contribution in [2.24, 2.45) is 17.6 Å². The Labute approximate surface area is 172 Å². The normalized spacial score (nSPS) is 26.1. The van der Waals surface area contributed by atoms with E-state index in [1.54, 1.807) is 18.2 Å². The van der Waals surface area contributed by atoms with Gasteiger partial charge in [0, 0.05) is 31.1 Å². The summed E-state index contributed by atoms with van der Waals surface area (Å²) in [6.07, 6.45) is 0.173. The standard InChI is InChI=1S/C20H22N4O6/c1-30-20(29)14-9-23(8-10(14)7-21)11-2-3-12-13(6-11)19(28)24(18(12)27)15-4-5-16(25)22-17(15)26/h2-3,6,10,14-15H,4-5,7-9,21H2,1H3,(H,22,25,26)/t10-,14-,15?/m1/s1. The van der Waals surface area contributed by atoms with E-state index >= 15 is 0 Å². The molecule has 10 heteroatoms. The Morgan fingerprint density at radius 1 is 1.17 bits per heavy atom. The molecule has 3 aliphatic heterocycles. The summed E-state index contributed by atoms with van der Waals surface area (Å²) in [7, 11) is 1.34. The maximum Gasteiger partial charge on any atom is 0.310 e. The van der Waals surface area contributed by atoms with Gasteiger partial charge in [-0.3, -0.25) is 34.2 Å². The molecule has 0 spiro atoms. The van der Waals surface area contributed by atoms with Crippen LogP contribution in [0, 0.1) is 11.8 Å². The number of carbonyl (C=O) groups is 5. The average Bonchev–Trinajstić information content (AvgIpc) is 3.28. The molecule has 158 valence electrons. The number of imide groups is 2. The fraction of sp³-hybridized carbons (Fsp3) is 0.450. The van der Waals surface area contributed by atoms with Gasteiger partial charge < -0.3 is 15.4 Å². The van der Waals surface area contributed by atoms with Gasteiger partial charge in [-0.15, -0.1) is 0 Å². The first-order valence-corrected chi connectivity index (χ1v) is 9.74. The van der Waals surface area contributed by atoms with Gasteiger partial charge in [0.2, 0.25) is 11.8 Å². The first-order chi connectivity index (χ1) is 14.3. The second-order valence-electron chi connectivity index (χ2n) is 7.71. The molecule has 4 rings (SSSR count). The highest BCUT2D eigenvalue weighted by Gasteiger charge is 2.45. The summed E-state index contributed by atoms with van der Waals surface area (Å²) in [5.74, 6) is -2.96. The number of nitrogens with zero attached hydrogens (tertiary/aromatic N) is 2. The number of carbonyl (C=O) groups excluding carboxylic acids is 5. The number of nitrogens with two attached hydrogens (primary N) is 1. The molecule has 0 aromatic heterocycles. The highest BCUT2D eigenvalue weighted by molar-refractivity contribution is 6.23. The lowest BCUT2D eigenvalue weighted by atomic mass is 9.97. The molecular weight excluding hydrogens is 392 g/mol. The van der Waals surface area contributed by atoms with E-state index in [9.17, 15) is 24.0 Å². The second kappa shape index (κ2) is 7.52. The molecule has 3 heterocycles. The average molecular weight is 414 g/mol. The molecule has 4 amide bonds. The van der Waals surface area contributed by atoms with Crippen LogP contribution in [0.15, 0.2) is 18.2 Å². The quantitative estimate of drug-likeness (QED) is 0.486. The van der Waals surface area contributed by atoms with Gasteiger partial charge in [-0.05, 0) is 31.2 Å². The van der Waals surface area contributed by atoms with Crippen LogP contribution in [0.1, 0.15) is 33.6 Å². The Balaban J connectivity index is 1.59. The Hall–Kier alpha value is -3.27. The van der Waals surface area contributed by atoms with Crippen molar-refractivity contribution in [3.05, 3.63) is 29.3 Å². The van der Waals surface area contributed by atoms with Crippen LogP contribution < -0.4 is 16.0 Å². The monoisotopic (exact) mass is 414 g/mol. The lowest BCUT2D eigenvalue weighted by Gasteiger charge is -2.27. The third-order valence-electron chi connectivity index (χ3n) is 6.04. The molecule has 1 aromatic rings. The van der Waals surface area contributed by atoms with Crippen molar-refractivity contribution in [2.75, 3.05) is 31.6 Å². The highest BCUT2D eigenvalue weighted by atomic mass is 16.5. The zero-order valence-corrected chi connectivity index (χ0v) is 16.4. The van der Waals surface area contributed by atoms with Gasteiger partial charge in [-0.1, -0.05) is 0 Å². The fourth-order valence-corrected chi connectivity index (χ4v) is 4.40. The first-order valence-electron chi connectivity index (χ1n) is 9.74. The summed E-state index contributed by atoms with van der Waals surface area (Å²) in [6, 6.07) is 3.87. The Morgan fingerprint density at radius 2 is 1.90 bits per heavy atom. The van der Waals surface area contributed by atoms with Crippen molar-refractivity contribution in [2.45, 2.75) is 18.9 Å². The van der Waals surface area contributed by atoms with Gasteiger partial charge >= 0.3 is 5.97 Å². The van der Waals surface area contributed by atoms with Gasteiger partial charge in [0.25, 0.3) is 11.8 Å². The van der Waals surface area contributed by atoms with Gasteiger partial charge in [-0.25, -0.2) is 0 Å². The minimum atomic E-state index is -1.00. The van der Waals surface area contributed by atoms with Crippen molar-refractivity contribution in [1.29, 1.82) is 0 Å². The lowest BCUT2D eigenvalue weighted by Crippen LogP contribution is -2.54. The number of amides is 4. The molecule has 1 aromatic carbocycles. The van der Waals surface area contributed by atoms with Crippen molar-refractivity contribution < 1.29 is 28.7 Å². The van der Waals surface area contributed by atoms with E-state index in [0.717, 1.165) is 4.90 Å². The Bertz CT molecular complexity index is 961. The number of benzene rings is 1. The number of fused-ring (bicyclic) bond motifs is 1. The van der Waals surface area contributed by atoms with E-state index in [2.05, 4.69) is 5.32 Å². The molecule has 0 bridgehead atoms. The molecule has 0 radical (unpaired) electrons. The number of esters is 1. The zero-order chi connectivity index (χ0) is 21.6. The smallest absolute Gasteiger partial charge is 0.310 e. The van der Waals surface area contributed by atoms with Gasteiger partial charge in [0.1, 0.15) is 6.04 Å². The number of methoxy groups -OCH3 is 1. The van der Waals surface area contributed by atoms with E-state index in [-0.39, 0.29) is 41.8 Å². The van der Waals surface area contributed by atoms with E-state index < -0.39 is 29.7 Å². The lowest BCUT2D eigenvalue weighted by molar-refractivity contribution is -0.146. The van der Waals surface area contributed by atoms with Crippen LogP contribution in [0.25, 0.3) is 0 Å². The maximum atomic E-state index is 13.0. The topological polar surface area (TPSA) is 139 Å². The van der Waals surface area contributed by atoms with Crippen LogP contribution in [0.4, 0.5) is 5.69 Å². The summed E-state index contributed by atoms with van der Waals surface area (Å²) in [4.78, 5) is 64.2. The van der Waals surface area contributed by atoms with Crippen molar-refractivity contribution in [1.82, 2.24) is 10.2 Å². The number of piperidine rings is 1.